The highest BCUT2D eigenvalue weighted by Crippen LogP contribution is 2.21. The molecule has 2 rings (SSSR count). The van der Waals surface area contributed by atoms with E-state index in [9.17, 15) is 0 Å². The molecule has 0 bridgehead atoms. The number of ether oxygens (including phenoxy) is 1. The number of aryl methyl sites for hydroxylation is 1. The third-order valence-electron chi connectivity index (χ3n) is 3.54. The Kier molecular flexibility index (Phi) is 5.63. The first-order valence-corrected chi connectivity index (χ1v) is 7.24. The highest BCUT2D eigenvalue weighted by atomic mass is 16.5. The van der Waals surface area contributed by atoms with Crippen LogP contribution in [0.3, 0.4) is 0 Å². The van der Waals surface area contributed by atoms with Crippen molar-refractivity contribution in [2.45, 2.75) is 25.7 Å². The Bertz CT molecular complexity index is 493. The summed E-state index contributed by atoms with van der Waals surface area (Å²) < 4.78 is 5.72. The number of hydrogen-bond donors (Lipinski definition) is 1. The zero-order chi connectivity index (χ0) is 14.2. The van der Waals surface area contributed by atoms with Gasteiger partial charge in [-0.15, -0.1) is 0 Å². The van der Waals surface area contributed by atoms with Crippen molar-refractivity contribution in [3.05, 3.63) is 65.7 Å². The molecule has 0 aromatic heterocycles. The fourth-order valence-electron chi connectivity index (χ4n) is 2.30. The smallest absolute Gasteiger partial charge is 0.119 e. The van der Waals surface area contributed by atoms with E-state index in [1.54, 1.807) is 0 Å². The van der Waals surface area contributed by atoms with Gasteiger partial charge >= 0.3 is 0 Å². The average Bonchev–Trinajstić information content (AvgIpc) is 2.50. The van der Waals surface area contributed by atoms with Crippen molar-refractivity contribution in [3.8, 4) is 5.75 Å². The number of para-hydroxylation sites is 1. The Balaban J connectivity index is 1.78. The summed E-state index contributed by atoms with van der Waals surface area (Å²) in [5.74, 6) is 1.36. The maximum Gasteiger partial charge on any atom is 0.119 e. The first-order valence-electron chi connectivity index (χ1n) is 7.24. The van der Waals surface area contributed by atoms with Crippen molar-refractivity contribution in [2.75, 3.05) is 13.2 Å². The van der Waals surface area contributed by atoms with Crippen molar-refractivity contribution in [3.63, 3.8) is 0 Å². The molecule has 0 aliphatic carbocycles. The lowest BCUT2D eigenvalue weighted by molar-refractivity contribution is 0.302. The predicted molar refractivity (Wildman–Crippen MR) is 84.1 cm³/mol. The van der Waals surface area contributed by atoms with E-state index in [-0.39, 0.29) is 0 Å². The summed E-state index contributed by atoms with van der Waals surface area (Å²) >= 11 is 0. The number of nitrogens with two attached hydrogens (primary N) is 1. The lowest BCUT2D eigenvalue weighted by Crippen LogP contribution is -2.13. The van der Waals surface area contributed by atoms with Gasteiger partial charge in [-0.2, -0.15) is 0 Å². The highest BCUT2D eigenvalue weighted by molar-refractivity contribution is 5.25. The van der Waals surface area contributed by atoms with Crippen molar-refractivity contribution >= 4 is 0 Å². The number of rotatable bonds is 7. The topological polar surface area (TPSA) is 35.2 Å². The zero-order valence-corrected chi connectivity index (χ0v) is 12.1. The average molecular weight is 269 g/mol. The predicted octanol–water partition coefficient (Wildman–Crippen LogP) is 3.90. The number of benzene rings is 2. The Morgan fingerprint density at radius 3 is 2.35 bits per heavy atom. The van der Waals surface area contributed by atoms with E-state index < -0.39 is 0 Å². The van der Waals surface area contributed by atoms with Crippen LogP contribution in [0, 0.1) is 6.92 Å². The molecule has 2 aromatic carbocycles. The molecule has 0 heterocycles. The maximum atomic E-state index is 5.90. The van der Waals surface area contributed by atoms with Crippen molar-refractivity contribution < 1.29 is 4.74 Å². The molecule has 0 aliphatic rings. The van der Waals surface area contributed by atoms with Crippen LogP contribution >= 0.6 is 0 Å². The van der Waals surface area contributed by atoms with Crippen LogP contribution < -0.4 is 10.5 Å². The van der Waals surface area contributed by atoms with E-state index in [2.05, 4.69) is 31.2 Å². The molecule has 0 fully saturated rings. The molecule has 0 radical (unpaired) electrons. The van der Waals surface area contributed by atoms with Crippen LogP contribution in [0.5, 0.6) is 5.75 Å². The van der Waals surface area contributed by atoms with Gasteiger partial charge in [-0.05, 0) is 49.9 Å². The fraction of sp³-hybridized carbons (Fsp3) is 0.333. The molecule has 1 atom stereocenters. The Morgan fingerprint density at radius 2 is 1.70 bits per heavy atom. The molecule has 20 heavy (non-hydrogen) atoms. The summed E-state index contributed by atoms with van der Waals surface area (Å²) in [7, 11) is 0. The third kappa shape index (κ3) is 4.39. The molecule has 0 saturated heterocycles. The van der Waals surface area contributed by atoms with Crippen LogP contribution in [0.2, 0.25) is 0 Å². The molecular weight excluding hydrogens is 246 g/mol. The molecule has 0 saturated carbocycles. The van der Waals surface area contributed by atoms with E-state index in [1.165, 1.54) is 11.1 Å². The molecule has 2 nitrogen and oxygen atoms in total. The number of hydrogen-bond acceptors (Lipinski definition) is 2. The van der Waals surface area contributed by atoms with Gasteiger partial charge in [-0.25, -0.2) is 0 Å². The van der Waals surface area contributed by atoms with Crippen LogP contribution in [0.1, 0.15) is 29.9 Å². The fourth-order valence-corrected chi connectivity index (χ4v) is 2.30. The van der Waals surface area contributed by atoms with Crippen molar-refractivity contribution in [2.24, 2.45) is 5.73 Å². The van der Waals surface area contributed by atoms with E-state index in [0.717, 1.165) is 25.2 Å². The first kappa shape index (κ1) is 14.6. The van der Waals surface area contributed by atoms with Gasteiger partial charge in [0.25, 0.3) is 0 Å². The monoisotopic (exact) mass is 269 g/mol. The van der Waals surface area contributed by atoms with E-state index in [0.29, 0.717) is 12.5 Å². The van der Waals surface area contributed by atoms with Crippen molar-refractivity contribution in [1.29, 1.82) is 0 Å². The second-order valence-corrected chi connectivity index (χ2v) is 5.15. The summed E-state index contributed by atoms with van der Waals surface area (Å²) in [5, 5.41) is 0. The molecule has 2 heteroatoms. The highest BCUT2D eigenvalue weighted by Gasteiger charge is 2.09. The van der Waals surface area contributed by atoms with Crippen LogP contribution in [0.15, 0.2) is 54.6 Å². The summed E-state index contributed by atoms with van der Waals surface area (Å²) in [5.41, 5.74) is 8.52. The quantitative estimate of drug-likeness (QED) is 0.774. The van der Waals surface area contributed by atoms with Crippen LogP contribution in [-0.2, 0) is 0 Å². The normalized spacial score (nSPS) is 12.1. The van der Waals surface area contributed by atoms with E-state index in [4.69, 9.17) is 10.5 Å². The van der Waals surface area contributed by atoms with Crippen LogP contribution in [0.4, 0.5) is 0 Å². The van der Waals surface area contributed by atoms with Gasteiger partial charge < -0.3 is 10.5 Å². The lowest BCUT2D eigenvalue weighted by Gasteiger charge is -2.15. The lowest BCUT2D eigenvalue weighted by atomic mass is 9.94. The van der Waals surface area contributed by atoms with Gasteiger partial charge in [0.1, 0.15) is 5.75 Å². The standard InChI is InChI=1S/C18H23NO/c1-15-9-11-16(12-10-15)17(14-19)6-5-13-20-18-7-3-2-4-8-18/h2-4,7-12,17H,5-6,13-14,19H2,1H3. The minimum atomic E-state index is 0.426. The van der Waals surface area contributed by atoms with Gasteiger partial charge in [0.05, 0.1) is 6.61 Å². The van der Waals surface area contributed by atoms with E-state index in [1.807, 2.05) is 30.3 Å². The van der Waals surface area contributed by atoms with Crippen molar-refractivity contribution in [1.82, 2.24) is 0 Å². The minimum Gasteiger partial charge on any atom is -0.494 e. The van der Waals surface area contributed by atoms with Gasteiger partial charge in [-0.1, -0.05) is 48.0 Å². The van der Waals surface area contributed by atoms with Gasteiger partial charge in [0.15, 0.2) is 0 Å². The zero-order valence-electron chi connectivity index (χ0n) is 12.1. The van der Waals surface area contributed by atoms with Gasteiger partial charge in [-0.3, -0.25) is 0 Å². The molecule has 0 spiro atoms. The molecule has 106 valence electrons. The Morgan fingerprint density at radius 1 is 1.00 bits per heavy atom. The second kappa shape index (κ2) is 7.71. The summed E-state index contributed by atoms with van der Waals surface area (Å²) in [6, 6.07) is 18.6. The largest absolute Gasteiger partial charge is 0.494 e. The summed E-state index contributed by atoms with van der Waals surface area (Å²) in [6.45, 7) is 3.54. The molecule has 2 N–H and O–H groups in total. The van der Waals surface area contributed by atoms with Gasteiger partial charge in [0.2, 0.25) is 0 Å². The summed E-state index contributed by atoms with van der Waals surface area (Å²) in [4.78, 5) is 0. The van der Waals surface area contributed by atoms with Crippen LogP contribution in [0.25, 0.3) is 0 Å². The summed E-state index contributed by atoms with van der Waals surface area (Å²) in [6.07, 6.45) is 2.08. The second-order valence-electron chi connectivity index (χ2n) is 5.15. The van der Waals surface area contributed by atoms with Gasteiger partial charge in [0, 0.05) is 0 Å². The SMILES string of the molecule is Cc1ccc(C(CN)CCCOc2ccccc2)cc1. The minimum absolute atomic E-state index is 0.426. The molecule has 1 unspecified atom stereocenters. The molecule has 0 aliphatic heterocycles. The molecule has 0 amide bonds. The Hall–Kier alpha value is -1.80. The molecular formula is C18H23NO. The Labute approximate surface area is 121 Å². The van der Waals surface area contributed by atoms with Crippen LogP contribution in [-0.4, -0.2) is 13.2 Å². The maximum absolute atomic E-state index is 5.90. The van der Waals surface area contributed by atoms with E-state index >= 15 is 0 Å². The first-order chi connectivity index (χ1) is 9.79. The molecule has 2 aromatic rings. The third-order valence-corrected chi connectivity index (χ3v) is 3.54.